The van der Waals surface area contributed by atoms with Crippen LogP contribution in [0.15, 0.2) is 71.1 Å². The van der Waals surface area contributed by atoms with Gasteiger partial charge in [0.25, 0.3) is 10.0 Å². The number of carbonyl (C=O) groups excluding carboxylic acids is 1. The van der Waals surface area contributed by atoms with Crippen molar-refractivity contribution in [2.24, 2.45) is 0 Å². The van der Waals surface area contributed by atoms with Crippen LogP contribution < -0.4 is 14.5 Å². The molecule has 0 spiro atoms. The van der Waals surface area contributed by atoms with E-state index >= 15 is 0 Å². The van der Waals surface area contributed by atoms with Crippen LogP contribution in [0.1, 0.15) is 25.7 Å². The predicted molar refractivity (Wildman–Crippen MR) is 129 cm³/mol. The highest BCUT2D eigenvalue weighted by molar-refractivity contribution is 7.93. The van der Waals surface area contributed by atoms with E-state index in [4.69, 9.17) is 0 Å². The van der Waals surface area contributed by atoms with Gasteiger partial charge in [0, 0.05) is 36.0 Å². The number of rotatable bonds is 7. The van der Waals surface area contributed by atoms with Gasteiger partial charge in [-0.2, -0.15) is 0 Å². The Bertz CT molecular complexity index is 1110. The van der Waals surface area contributed by atoms with E-state index in [0.29, 0.717) is 5.69 Å². The number of thiazole rings is 1. The maximum absolute atomic E-state index is 13.2. The number of nitrogens with zero attached hydrogens (tertiary/aromatic N) is 3. The van der Waals surface area contributed by atoms with Crippen molar-refractivity contribution in [1.82, 2.24) is 4.98 Å². The Morgan fingerprint density at radius 3 is 2.31 bits per heavy atom. The molecule has 0 saturated carbocycles. The van der Waals surface area contributed by atoms with E-state index in [1.165, 1.54) is 55.3 Å². The van der Waals surface area contributed by atoms with Crippen LogP contribution in [0.4, 0.5) is 16.5 Å². The number of sulfonamides is 1. The number of anilines is 3. The topological polar surface area (TPSA) is 82.6 Å². The Labute approximate surface area is 192 Å². The zero-order chi connectivity index (χ0) is 22.4. The zero-order valence-corrected chi connectivity index (χ0v) is 19.3. The third-order valence-electron chi connectivity index (χ3n) is 5.37. The minimum atomic E-state index is -3.92. The molecule has 1 saturated heterocycles. The first-order valence-electron chi connectivity index (χ1n) is 10.7. The fraction of sp³-hybridized carbons (Fsp3) is 0.304. The van der Waals surface area contributed by atoms with Gasteiger partial charge in [0.2, 0.25) is 5.91 Å². The summed E-state index contributed by atoms with van der Waals surface area (Å²) in [5, 5.41) is 4.75. The van der Waals surface area contributed by atoms with Crippen molar-refractivity contribution in [2.45, 2.75) is 30.6 Å². The number of benzene rings is 2. The Hall–Kier alpha value is -2.91. The second-order valence-electron chi connectivity index (χ2n) is 7.64. The summed E-state index contributed by atoms with van der Waals surface area (Å²) in [6.45, 7) is 1.73. The molecule has 4 rings (SSSR count). The third kappa shape index (κ3) is 5.28. The summed E-state index contributed by atoms with van der Waals surface area (Å²) in [6, 6.07) is 15.8. The highest BCUT2D eigenvalue weighted by Gasteiger charge is 2.28. The van der Waals surface area contributed by atoms with Gasteiger partial charge in [-0.3, -0.25) is 4.79 Å². The van der Waals surface area contributed by atoms with Crippen molar-refractivity contribution in [3.8, 4) is 0 Å². The minimum Gasteiger partial charge on any atom is -0.372 e. The molecule has 1 aliphatic rings. The molecular weight excluding hydrogens is 444 g/mol. The minimum absolute atomic E-state index is 0.116. The Kier molecular flexibility index (Phi) is 7.06. The lowest BCUT2D eigenvalue weighted by Gasteiger charge is -2.23. The first-order valence-corrected chi connectivity index (χ1v) is 13.0. The van der Waals surface area contributed by atoms with Gasteiger partial charge in [-0.1, -0.05) is 31.0 Å². The highest BCUT2D eigenvalue weighted by Crippen LogP contribution is 2.26. The molecule has 1 amide bonds. The maximum Gasteiger partial charge on any atom is 0.266 e. The van der Waals surface area contributed by atoms with Crippen molar-refractivity contribution >= 4 is 43.8 Å². The quantitative estimate of drug-likeness (QED) is 0.555. The summed E-state index contributed by atoms with van der Waals surface area (Å²) >= 11 is 1.17. The molecule has 168 valence electrons. The maximum atomic E-state index is 13.2. The fourth-order valence-corrected chi connectivity index (χ4v) is 6.00. The van der Waals surface area contributed by atoms with Crippen molar-refractivity contribution in [1.29, 1.82) is 0 Å². The zero-order valence-electron chi connectivity index (χ0n) is 17.7. The highest BCUT2D eigenvalue weighted by atomic mass is 32.2. The molecule has 2 heterocycles. The molecule has 32 heavy (non-hydrogen) atoms. The Balaban J connectivity index is 1.47. The smallest absolute Gasteiger partial charge is 0.266 e. The van der Waals surface area contributed by atoms with E-state index in [-0.39, 0.29) is 16.6 Å². The van der Waals surface area contributed by atoms with E-state index in [2.05, 4.69) is 15.2 Å². The lowest BCUT2D eigenvalue weighted by molar-refractivity contribution is -0.114. The predicted octanol–water partition coefficient (Wildman–Crippen LogP) is 4.36. The molecule has 0 radical (unpaired) electrons. The van der Waals surface area contributed by atoms with Crippen LogP contribution in [0, 0.1) is 0 Å². The molecule has 0 atom stereocenters. The number of nitrogens with one attached hydrogen (secondary N) is 1. The molecule has 3 aromatic rings. The summed E-state index contributed by atoms with van der Waals surface area (Å²) in [4.78, 5) is 19.4. The van der Waals surface area contributed by atoms with Crippen LogP contribution in [-0.4, -0.2) is 38.9 Å². The van der Waals surface area contributed by atoms with Crippen LogP contribution in [-0.2, 0) is 14.8 Å². The average Bonchev–Trinajstić information content (AvgIpc) is 3.20. The molecule has 7 nitrogen and oxygen atoms in total. The van der Waals surface area contributed by atoms with Crippen LogP contribution in [0.25, 0.3) is 0 Å². The van der Waals surface area contributed by atoms with Crippen LogP contribution in [0.2, 0.25) is 0 Å². The number of amides is 1. The van der Waals surface area contributed by atoms with Crippen LogP contribution in [0.5, 0.6) is 0 Å². The summed E-state index contributed by atoms with van der Waals surface area (Å²) in [5.41, 5.74) is 1.77. The number of hydrogen-bond donors (Lipinski definition) is 1. The second kappa shape index (κ2) is 10.1. The molecule has 1 fully saturated rings. The van der Waals surface area contributed by atoms with E-state index in [1.54, 1.807) is 23.6 Å². The molecule has 9 heteroatoms. The van der Waals surface area contributed by atoms with Gasteiger partial charge in [-0.15, -0.1) is 11.3 Å². The first-order chi connectivity index (χ1) is 15.5. The molecule has 0 aliphatic carbocycles. The van der Waals surface area contributed by atoms with Crippen molar-refractivity contribution < 1.29 is 13.2 Å². The van der Waals surface area contributed by atoms with Gasteiger partial charge in [0.05, 0.1) is 4.90 Å². The number of hydrogen-bond acceptors (Lipinski definition) is 6. The lowest BCUT2D eigenvalue weighted by Crippen LogP contribution is -2.38. The molecule has 1 aromatic heterocycles. The summed E-state index contributed by atoms with van der Waals surface area (Å²) in [5.74, 6) is -0.428. The molecule has 1 N–H and O–H groups in total. The molecule has 1 aliphatic heterocycles. The van der Waals surface area contributed by atoms with Gasteiger partial charge < -0.3 is 10.2 Å². The lowest BCUT2D eigenvalue weighted by atomic mass is 10.2. The molecular formula is C23H26N4O3S2. The van der Waals surface area contributed by atoms with Crippen molar-refractivity contribution in [3.63, 3.8) is 0 Å². The molecule has 0 unspecified atom stereocenters. The van der Waals surface area contributed by atoms with E-state index < -0.39 is 15.9 Å². The second-order valence-corrected chi connectivity index (χ2v) is 10.4. The van der Waals surface area contributed by atoms with Gasteiger partial charge in [0.15, 0.2) is 5.13 Å². The van der Waals surface area contributed by atoms with Crippen molar-refractivity contribution in [3.05, 3.63) is 66.2 Å². The van der Waals surface area contributed by atoms with Gasteiger partial charge in [0.1, 0.15) is 6.54 Å². The van der Waals surface area contributed by atoms with Crippen LogP contribution in [0.3, 0.4) is 0 Å². The summed E-state index contributed by atoms with van der Waals surface area (Å²) in [6.07, 6.45) is 6.45. The SMILES string of the molecule is O=C(CN(c1nccs1)S(=O)(=O)c1ccccc1)Nc1ccc(N2CCCCCC2)cc1. The number of aromatic nitrogens is 1. The number of carbonyl (C=O) groups is 1. The standard InChI is InChI=1S/C23H26N4O3S2/c28-22(25-19-10-12-20(13-11-19)26-15-6-1-2-7-16-26)18-27(23-24-14-17-31-23)32(29,30)21-8-4-3-5-9-21/h3-5,8-14,17H,1-2,6-7,15-16,18H2,(H,25,28). The Morgan fingerprint density at radius 1 is 1.00 bits per heavy atom. The van der Waals surface area contributed by atoms with Crippen molar-refractivity contribution in [2.75, 3.05) is 34.2 Å². The summed E-state index contributed by atoms with van der Waals surface area (Å²) in [7, 11) is -3.92. The molecule has 0 bridgehead atoms. The fourth-order valence-electron chi connectivity index (χ4n) is 3.73. The largest absolute Gasteiger partial charge is 0.372 e. The van der Waals surface area contributed by atoms with E-state index in [0.717, 1.165) is 23.1 Å². The summed E-state index contributed by atoms with van der Waals surface area (Å²) < 4.78 is 27.4. The Morgan fingerprint density at radius 2 is 1.69 bits per heavy atom. The van der Waals surface area contributed by atoms with Gasteiger partial charge >= 0.3 is 0 Å². The average molecular weight is 471 g/mol. The van der Waals surface area contributed by atoms with E-state index in [1.807, 2.05) is 24.3 Å². The first kappa shape index (κ1) is 22.3. The van der Waals surface area contributed by atoms with Gasteiger partial charge in [-0.05, 0) is 49.2 Å². The van der Waals surface area contributed by atoms with Gasteiger partial charge in [-0.25, -0.2) is 17.7 Å². The third-order valence-corrected chi connectivity index (χ3v) is 8.03. The molecule has 2 aromatic carbocycles. The van der Waals surface area contributed by atoms with Crippen LogP contribution >= 0.6 is 11.3 Å². The monoisotopic (exact) mass is 470 g/mol. The normalized spacial score (nSPS) is 14.6. The van der Waals surface area contributed by atoms with E-state index in [9.17, 15) is 13.2 Å².